The van der Waals surface area contributed by atoms with E-state index < -0.39 is 0 Å². The van der Waals surface area contributed by atoms with Crippen LogP contribution in [-0.4, -0.2) is 48.2 Å². The van der Waals surface area contributed by atoms with Crippen molar-refractivity contribution in [1.82, 2.24) is 29.2 Å². The number of piperidine rings is 1. The highest BCUT2D eigenvalue weighted by Gasteiger charge is 2.30. The zero-order chi connectivity index (χ0) is 25.4. The normalized spacial score (nSPS) is 15.7. The summed E-state index contributed by atoms with van der Waals surface area (Å²) >= 11 is 0. The first-order valence-corrected chi connectivity index (χ1v) is 12.3. The second kappa shape index (κ2) is 9.42. The van der Waals surface area contributed by atoms with E-state index in [1.165, 1.54) is 0 Å². The van der Waals surface area contributed by atoms with Gasteiger partial charge in [-0.05, 0) is 55.3 Å². The lowest BCUT2D eigenvalue weighted by atomic mass is 9.93. The SMILES string of the molecule is Cn1cncc1C(=O)N1CCC[C@@H](c2nn(-c3ccc(Oc4ccccc4)cc3)c3c(N)nccc23)C1. The number of amides is 1. The molecule has 0 aliphatic carbocycles. The van der Waals surface area contributed by atoms with Crippen molar-refractivity contribution in [2.75, 3.05) is 18.8 Å². The molecule has 0 unspecified atom stereocenters. The van der Waals surface area contributed by atoms with Crippen molar-refractivity contribution < 1.29 is 9.53 Å². The standard InChI is InChI=1S/C28H27N7O2/c1-33-18-30-16-24(33)28(36)34-15-5-6-19(17-34)25-23-13-14-31-27(29)26(23)35(32-25)20-9-11-22(12-10-20)37-21-7-3-2-4-8-21/h2-4,7-14,16,18-19H,5-6,15,17H2,1H3,(H2,29,31)/t19-/m1/s1. The van der Waals surface area contributed by atoms with Crippen molar-refractivity contribution in [2.24, 2.45) is 7.05 Å². The van der Waals surface area contributed by atoms with Gasteiger partial charge in [-0.1, -0.05) is 18.2 Å². The zero-order valence-electron chi connectivity index (χ0n) is 20.5. The van der Waals surface area contributed by atoms with Crippen molar-refractivity contribution in [2.45, 2.75) is 18.8 Å². The fourth-order valence-corrected chi connectivity index (χ4v) is 4.99. The summed E-state index contributed by atoms with van der Waals surface area (Å²) in [5.41, 5.74) is 9.49. The predicted octanol–water partition coefficient (Wildman–Crippen LogP) is 4.55. The van der Waals surface area contributed by atoms with E-state index in [0.29, 0.717) is 24.6 Å². The molecular weight excluding hydrogens is 466 g/mol. The number of nitrogens with two attached hydrogens (primary N) is 1. The molecule has 0 radical (unpaired) electrons. The van der Waals surface area contributed by atoms with Gasteiger partial charge in [0.05, 0.1) is 23.9 Å². The second-order valence-corrected chi connectivity index (χ2v) is 9.28. The molecule has 1 fully saturated rings. The molecule has 0 spiro atoms. The van der Waals surface area contributed by atoms with Crippen molar-refractivity contribution in [3.63, 3.8) is 0 Å². The van der Waals surface area contributed by atoms with E-state index in [1.54, 1.807) is 23.3 Å². The summed E-state index contributed by atoms with van der Waals surface area (Å²) in [6.45, 7) is 1.30. The zero-order valence-corrected chi connectivity index (χ0v) is 20.5. The highest BCUT2D eigenvalue weighted by molar-refractivity contribution is 5.93. The number of hydrogen-bond acceptors (Lipinski definition) is 6. The maximum Gasteiger partial charge on any atom is 0.272 e. The fraction of sp³-hybridized carbons (Fsp3) is 0.214. The average Bonchev–Trinajstić information content (AvgIpc) is 3.54. The van der Waals surface area contributed by atoms with Gasteiger partial charge in [0.2, 0.25) is 0 Å². The maximum atomic E-state index is 13.2. The van der Waals surface area contributed by atoms with Crippen LogP contribution in [0.4, 0.5) is 5.82 Å². The minimum absolute atomic E-state index is 0.0105. The summed E-state index contributed by atoms with van der Waals surface area (Å²) in [4.78, 5) is 23.5. The topological polar surface area (TPSA) is 104 Å². The van der Waals surface area contributed by atoms with Crippen LogP contribution in [0.3, 0.4) is 0 Å². The number of carbonyl (C=O) groups is 1. The summed E-state index contributed by atoms with van der Waals surface area (Å²) < 4.78 is 9.55. The molecule has 37 heavy (non-hydrogen) atoms. The molecule has 5 aromatic rings. The number of pyridine rings is 1. The summed E-state index contributed by atoms with van der Waals surface area (Å²) in [6, 6.07) is 19.4. The van der Waals surface area contributed by atoms with Gasteiger partial charge in [-0.15, -0.1) is 0 Å². The van der Waals surface area contributed by atoms with Gasteiger partial charge in [0.15, 0.2) is 0 Å². The second-order valence-electron chi connectivity index (χ2n) is 9.28. The van der Waals surface area contributed by atoms with Gasteiger partial charge >= 0.3 is 0 Å². The lowest BCUT2D eigenvalue weighted by Gasteiger charge is -2.32. The van der Waals surface area contributed by atoms with Gasteiger partial charge in [0.1, 0.15) is 28.5 Å². The molecule has 2 N–H and O–H groups in total. The number of nitrogens with zero attached hydrogens (tertiary/aromatic N) is 6. The van der Waals surface area contributed by atoms with Crippen molar-refractivity contribution in [1.29, 1.82) is 0 Å². The third-order valence-electron chi connectivity index (χ3n) is 6.84. The molecule has 1 aliphatic rings. The first-order chi connectivity index (χ1) is 18.1. The minimum Gasteiger partial charge on any atom is -0.457 e. The molecule has 0 bridgehead atoms. The Labute approximate surface area is 214 Å². The smallest absolute Gasteiger partial charge is 0.272 e. The summed E-state index contributed by atoms with van der Waals surface area (Å²) in [5, 5.41) is 5.99. The third-order valence-corrected chi connectivity index (χ3v) is 6.84. The number of aromatic nitrogens is 5. The summed E-state index contributed by atoms with van der Waals surface area (Å²) in [5.74, 6) is 1.99. The van der Waals surface area contributed by atoms with Gasteiger partial charge < -0.3 is 19.9 Å². The highest BCUT2D eigenvalue weighted by Crippen LogP contribution is 2.35. The Bertz CT molecular complexity index is 1560. The third kappa shape index (κ3) is 4.29. The fourth-order valence-electron chi connectivity index (χ4n) is 4.99. The van der Waals surface area contributed by atoms with Crippen LogP contribution in [0.2, 0.25) is 0 Å². The van der Waals surface area contributed by atoms with E-state index in [2.05, 4.69) is 9.97 Å². The van der Waals surface area contributed by atoms with Gasteiger partial charge in [0, 0.05) is 37.6 Å². The molecule has 1 atom stereocenters. The molecule has 1 saturated heterocycles. The summed E-state index contributed by atoms with van der Waals surface area (Å²) in [7, 11) is 1.84. The first kappa shape index (κ1) is 22.8. The Hall–Kier alpha value is -4.66. The van der Waals surface area contributed by atoms with Gasteiger partial charge in [-0.3, -0.25) is 4.79 Å². The quantitative estimate of drug-likeness (QED) is 0.385. The lowest BCUT2D eigenvalue weighted by Crippen LogP contribution is -2.40. The number of hydrogen-bond donors (Lipinski definition) is 1. The predicted molar refractivity (Wildman–Crippen MR) is 141 cm³/mol. The number of imidazole rings is 1. The van der Waals surface area contributed by atoms with E-state index >= 15 is 0 Å². The van der Waals surface area contributed by atoms with Crippen LogP contribution < -0.4 is 10.5 Å². The molecule has 1 aliphatic heterocycles. The molecule has 1 amide bonds. The number of ether oxygens (including phenoxy) is 1. The van der Waals surface area contributed by atoms with Crippen molar-refractivity contribution in [3.05, 3.63) is 90.8 Å². The Kier molecular flexibility index (Phi) is 5.80. The van der Waals surface area contributed by atoms with E-state index in [-0.39, 0.29) is 11.8 Å². The van der Waals surface area contributed by atoms with Crippen LogP contribution >= 0.6 is 0 Å². The molecule has 9 nitrogen and oxygen atoms in total. The number of likely N-dealkylation sites (tertiary alicyclic amines) is 1. The minimum atomic E-state index is -0.0105. The molecule has 2 aromatic carbocycles. The number of fused-ring (bicyclic) bond motifs is 1. The Morgan fingerprint density at radius 1 is 1.05 bits per heavy atom. The van der Waals surface area contributed by atoms with E-state index in [4.69, 9.17) is 15.6 Å². The molecule has 6 rings (SSSR count). The Morgan fingerprint density at radius 2 is 1.84 bits per heavy atom. The van der Waals surface area contributed by atoms with Crippen LogP contribution in [0, 0.1) is 0 Å². The number of rotatable bonds is 5. The van der Waals surface area contributed by atoms with Crippen LogP contribution in [0.15, 0.2) is 79.4 Å². The van der Waals surface area contributed by atoms with Crippen LogP contribution in [0.25, 0.3) is 16.6 Å². The molecule has 0 saturated carbocycles. The monoisotopic (exact) mass is 493 g/mol. The van der Waals surface area contributed by atoms with Gasteiger partial charge in [-0.2, -0.15) is 5.10 Å². The number of aryl methyl sites for hydroxylation is 1. The molecule has 9 heteroatoms. The maximum absolute atomic E-state index is 13.2. The number of anilines is 1. The Balaban J connectivity index is 1.32. The number of carbonyl (C=O) groups excluding carboxylic acids is 1. The first-order valence-electron chi connectivity index (χ1n) is 12.3. The number of nitrogen functional groups attached to an aromatic ring is 1. The van der Waals surface area contributed by atoms with Crippen molar-refractivity contribution >= 4 is 22.6 Å². The average molecular weight is 494 g/mol. The van der Waals surface area contributed by atoms with Crippen LogP contribution in [-0.2, 0) is 7.05 Å². The highest BCUT2D eigenvalue weighted by atomic mass is 16.5. The van der Waals surface area contributed by atoms with Crippen LogP contribution in [0.5, 0.6) is 11.5 Å². The van der Waals surface area contributed by atoms with Gasteiger partial charge in [0.25, 0.3) is 5.91 Å². The van der Waals surface area contributed by atoms with Crippen LogP contribution in [0.1, 0.15) is 34.9 Å². The largest absolute Gasteiger partial charge is 0.457 e. The molecular formula is C28H27N7O2. The summed E-state index contributed by atoms with van der Waals surface area (Å²) in [6.07, 6.45) is 6.82. The van der Waals surface area contributed by atoms with E-state index in [1.807, 2.05) is 77.3 Å². The molecule has 3 aromatic heterocycles. The molecule has 4 heterocycles. The number of para-hydroxylation sites is 1. The number of benzene rings is 2. The lowest BCUT2D eigenvalue weighted by molar-refractivity contribution is 0.0696. The van der Waals surface area contributed by atoms with E-state index in [9.17, 15) is 4.79 Å². The Morgan fingerprint density at radius 3 is 2.59 bits per heavy atom. The van der Waals surface area contributed by atoms with E-state index in [0.717, 1.165) is 46.6 Å². The van der Waals surface area contributed by atoms with Crippen molar-refractivity contribution in [3.8, 4) is 17.2 Å². The van der Waals surface area contributed by atoms with Gasteiger partial charge in [-0.25, -0.2) is 14.6 Å². The molecule has 186 valence electrons.